The van der Waals surface area contributed by atoms with E-state index in [1.807, 2.05) is 0 Å². The van der Waals surface area contributed by atoms with Crippen molar-refractivity contribution in [3.63, 3.8) is 0 Å². The predicted octanol–water partition coefficient (Wildman–Crippen LogP) is 3.43. The first-order valence-electron chi connectivity index (χ1n) is 7.22. The van der Waals surface area contributed by atoms with Gasteiger partial charge in [0, 0.05) is 6.54 Å². The molecule has 1 aliphatic carbocycles. The highest BCUT2D eigenvalue weighted by molar-refractivity contribution is 5.31. The average molecular weight is 245 g/mol. The number of nitrogens with one attached hydrogen (secondary N) is 1. The molecule has 3 rings (SSSR count). The van der Waals surface area contributed by atoms with Crippen molar-refractivity contribution in [1.82, 2.24) is 5.32 Å². The molecule has 0 radical (unpaired) electrons. The van der Waals surface area contributed by atoms with Crippen LogP contribution in [-0.2, 0) is 11.3 Å². The summed E-state index contributed by atoms with van der Waals surface area (Å²) in [5, 5.41) is 3.74. The van der Waals surface area contributed by atoms with Crippen LogP contribution in [0.5, 0.6) is 0 Å². The van der Waals surface area contributed by atoms with Gasteiger partial charge in [-0.2, -0.15) is 0 Å². The lowest BCUT2D eigenvalue weighted by Gasteiger charge is -2.28. The minimum atomic E-state index is 0.393. The molecule has 1 aliphatic heterocycles. The third-order valence-electron chi connectivity index (χ3n) is 4.43. The number of ether oxygens (including phenoxy) is 1. The highest BCUT2D eigenvalue weighted by atomic mass is 16.5. The summed E-state index contributed by atoms with van der Waals surface area (Å²) in [6, 6.07) is 9.06. The molecular weight excluding hydrogens is 222 g/mol. The third-order valence-corrected chi connectivity index (χ3v) is 4.43. The molecule has 1 unspecified atom stereocenters. The normalized spacial score (nSPS) is 24.6. The Bertz CT molecular complexity index is 411. The topological polar surface area (TPSA) is 21.3 Å². The maximum absolute atomic E-state index is 5.69. The first-order valence-corrected chi connectivity index (χ1v) is 7.22. The maximum atomic E-state index is 5.69. The summed E-state index contributed by atoms with van der Waals surface area (Å²) in [4.78, 5) is 0. The van der Waals surface area contributed by atoms with E-state index in [0.29, 0.717) is 11.5 Å². The Morgan fingerprint density at radius 3 is 2.94 bits per heavy atom. The molecule has 1 N–H and O–H groups in total. The second-order valence-corrected chi connectivity index (χ2v) is 5.90. The molecule has 18 heavy (non-hydrogen) atoms. The second-order valence-electron chi connectivity index (χ2n) is 5.90. The first kappa shape index (κ1) is 12.2. The molecule has 2 nitrogen and oxygen atoms in total. The second kappa shape index (κ2) is 5.02. The van der Waals surface area contributed by atoms with E-state index in [2.05, 4.69) is 36.5 Å². The lowest BCUT2D eigenvalue weighted by Crippen LogP contribution is -2.33. The summed E-state index contributed by atoms with van der Waals surface area (Å²) in [5.41, 5.74) is 3.40. The van der Waals surface area contributed by atoms with Gasteiger partial charge in [0.15, 0.2) is 0 Å². The molecule has 1 heterocycles. The van der Waals surface area contributed by atoms with Crippen LogP contribution in [0.15, 0.2) is 24.3 Å². The highest BCUT2D eigenvalue weighted by Crippen LogP contribution is 2.49. The van der Waals surface area contributed by atoms with Gasteiger partial charge in [-0.05, 0) is 35.8 Å². The first-order chi connectivity index (χ1) is 8.83. The highest BCUT2D eigenvalue weighted by Gasteiger charge is 2.41. The van der Waals surface area contributed by atoms with Crippen molar-refractivity contribution >= 4 is 0 Å². The van der Waals surface area contributed by atoms with E-state index < -0.39 is 0 Å². The molecule has 1 saturated carbocycles. The summed E-state index contributed by atoms with van der Waals surface area (Å²) < 4.78 is 5.69. The molecule has 0 amide bonds. The van der Waals surface area contributed by atoms with Gasteiger partial charge in [0.2, 0.25) is 0 Å². The molecule has 1 atom stereocenters. The van der Waals surface area contributed by atoms with Crippen LogP contribution in [0.1, 0.15) is 49.8 Å². The molecular formula is C16H23NO. The quantitative estimate of drug-likeness (QED) is 0.858. The van der Waals surface area contributed by atoms with Crippen molar-refractivity contribution in [3.8, 4) is 0 Å². The summed E-state index contributed by atoms with van der Waals surface area (Å²) >= 11 is 0. The van der Waals surface area contributed by atoms with Gasteiger partial charge in [-0.3, -0.25) is 0 Å². The molecule has 0 bridgehead atoms. The van der Waals surface area contributed by atoms with E-state index in [0.717, 1.165) is 19.8 Å². The van der Waals surface area contributed by atoms with Crippen LogP contribution in [0.25, 0.3) is 0 Å². The largest absolute Gasteiger partial charge is 0.375 e. The fourth-order valence-corrected chi connectivity index (χ4v) is 3.11. The molecule has 0 aromatic heterocycles. The summed E-state index contributed by atoms with van der Waals surface area (Å²) in [5.74, 6) is 0. The van der Waals surface area contributed by atoms with Crippen LogP contribution in [-0.4, -0.2) is 13.2 Å². The number of benzene rings is 1. The summed E-state index contributed by atoms with van der Waals surface area (Å²) in [7, 11) is 0. The number of hydrogen-bond acceptors (Lipinski definition) is 2. The van der Waals surface area contributed by atoms with E-state index in [9.17, 15) is 0 Å². The smallest absolute Gasteiger partial charge is 0.0721 e. The van der Waals surface area contributed by atoms with E-state index in [4.69, 9.17) is 4.74 Å². The Morgan fingerprint density at radius 2 is 2.17 bits per heavy atom. The molecule has 1 aromatic rings. The molecule has 1 aromatic carbocycles. The SMILES string of the molecule is CCCC1(CNC2COCc3ccccc32)CC1. The standard InChI is InChI=1S/C16H23NO/c1-2-7-16(8-9-16)12-17-15-11-18-10-13-5-3-4-6-14(13)15/h3-6,15,17H,2,7-12H2,1H3. The van der Waals surface area contributed by atoms with Crippen LogP contribution in [0, 0.1) is 5.41 Å². The van der Waals surface area contributed by atoms with Gasteiger partial charge in [-0.25, -0.2) is 0 Å². The average Bonchev–Trinajstić information content (AvgIpc) is 3.17. The van der Waals surface area contributed by atoms with Gasteiger partial charge in [-0.1, -0.05) is 37.6 Å². The van der Waals surface area contributed by atoms with E-state index in [1.165, 1.54) is 36.8 Å². The Hall–Kier alpha value is -0.860. The van der Waals surface area contributed by atoms with Crippen LogP contribution in [0.3, 0.4) is 0 Å². The lowest BCUT2D eigenvalue weighted by molar-refractivity contribution is 0.0802. The van der Waals surface area contributed by atoms with E-state index in [-0.39, 0.29) is 0 Å². The lowest BCUT2D eigenvalue weighted by atomic mass is 9.96. The van der Waals surface area contributed by atoms with E-state index in [1.54, 1.807) is 0 Å². The number of fused-ring (bicyclic) bond motifs is 1. The predicted molar refractivity (Wildman–Crippen MR) is 73.4 cm³/mol. The molecule has 98 valence electrons. The zero-order valence-electron chi connectivity index (χ0n) is 11.2. The molecule has 1 fully saturated rings. The van der Waals surface area contributed by atoms with Crippen LogP contribution < -0.4 is 5.32 Å². The molecule has 0 saturated heterocycles. The van der Waals surface area contributed by atoms with Crippen molar-refractivity contribution in [3.05, 3.63) is 35.4 Å². The van der Waals surface area contributed by atoms with Crippen molar-refractivity contribution < 1.29 is 4.74 Å². The van der Waals surface area contributed by atoms with Crippen LogP contribution in [0.2, 0.25) is 0 Å². The van der Waals surface area contributed by atoms with Gasteiger partial charge in [0.25, 0.3) is 0 Å². The van der Waals surface area contributed by atoms with E-state index >= 15 is 0 Å². The summed E-state index contributed by atoms with van der Waals surface area (Å²) in [6.07, 6.45) is 5.49. The zero-order valence-corrected chi connectivity index (χ0v) is 11.2. The monoisotopic (exact) mass is 245 g/mol. The minimum Gasteiger partial charge on any atom is -0.375 e. The Kier molecular flexibility index (Phi) is 3.40. The Morgan fingerprint density at radius 1 is 1.33 bits per heavy atom. The van der Waals surface area contributed by atoms with Crippen molar-refractivity contribution in [1.29, 1.82) is 0 Å². The molecule has 2 heteroatoms. The van der Waals surface area contributed by atoms with Gasteiger partial charge in [0.1, 0.15) is 0 Å². The Labute approximate surface area is 110 Å². The van der Waals surface area contributed by atoms with Crippen molar-refractivity contribution in [2.45, 2.75) is 45.3 Å². The molecule has 0 spiro atoms. The fourth-order valence-electron chi connectivity index (χ4n) is 3.11. The van der Waals surface area contributed by atoms with Gasteiger partial charge in [-0.15, -0.1) is 0 Å². The van der Waals surface area contributed by atoms with Gasteiger partial charge >= 0.3 is 0 Å². The summed E-state index contributed by atoms with van der Waals surface area (Å²) in [6.45, 7) is 5.04. The van der Waals surface area contributed by atoms with Crippen LogP contribution >= 0.6 is 0 Å². The fraction of sp³-hybridized carbons (Fsp3) is 0.625. The van der Waals surface area contributed by atoms with Gasteiger partial charge < -0.3 is 10.1 Å². The van der Waals surface area contributed by atoms with Crippen LogP contribution in [0.4, 0.5) is 0 Å². The third kappa shape index (κ3) is 2.45. The maximum Gasteiger partial charge on any atom is 0.0721 e. The van der Waals surface area contributed by atoms with Crippen molar-refractivity contribution in [2.24, 2.45) is 5.41 Å². The Balaban J connectivity index is 1.64. The number of hydrogen-bond donors (Lipinski definition) is 1. The minimum absolute atomic E-state index is 0.393. The van der Waals surface area contributed by atoms with Gasteiger partial charge in [0.05, 0.1) is 19.3 Å². The zero-order chi connectivity index (χ0) is 12.4. The number of rotatable bonds is 5. The van der Waals surface area contributed by atoms with Crippen molar-refractivity contribution in [2.75, 3.05) is 13.2 Å². The molecule has 2 aliphatic rings.